The van der Waals surface area contributed by atoms with Crippen molar-refractivity contribution in [1.29, 1.82) is 0 Å². The van der Waals surface area contributed by atoms with Crippen LogP contribution in [0.3, 0.4) is 0 Å². The van der Waals surface area contributed by atoms with Crippen LogP contribution in [0.25, 0.3) is 0 Å². The molecule has 0 radical (unpaired) electrons. The standard InChI is InChI=1S/C17H28N6O.HI/c1-4-18-16(22(2)10-13-19-11-20-23(13)3)21-14-12-6-9-24-15(12)17(14)7-5-8-17;/h11-12,14-15H,4-10H2,1-3H3,(H,18,21);1H. The molecule has 1 spiro atoms. The van der Waals surface area contributed by atoms with Crippen molar-refractivity contribution in [3.63, 3.8) is 0 Å². The summed E-state index contributed by atoms with van der Waals surface area (Å²) in [6.45, 7) is 4.48. The van der Waals surface area contributed by atoms with Gasteiger partial charge in [0.05, 0.1) is 12.6 Å². The number of rotatable bonds is 4. The molecule has 0 amide bonds. The monoisotopic (exact) mass is 460 g/mol. The molecule has 1 N–H and O–H groups in total. The minimum absolute atomic E-state index is 0. The Bertz CT molecular complexity index is 628. The van der Waals surface area contributed by atoms with E-state index in [2.05, 4.69) is 34.3 Å². The van der Waals surface area contributed by atoms with Crippen molar-refractivity contribution in [1.82, 2.24) is 25.0 Å². The Morgan fingerprint density at radius 1 is 1.52 bits per heavy atom. The first-order valence-corrected chi connectivity index (χ1v) is 9.12. The SMILES string of the molecule is CCN=C(NC1C2CCOC2C12CCC2)N(C)Cc1ncnn1C.I. The van der Waals surface area contributed by atoms with Crippen molar-refractivity contribution >= 4 is 29.9 Å². The lowest BCUT2D eigenvalue weighted by Crippen LogP contribution is -2.72. The van der Waals surface area contributed by atoms with Crippen LogP contribution < -0.4 is 5.32 Å². The summed E-state index contributed by atoms with van der Waals surface area (Å²) in [5.74, 6) is 2.56. The number of aliphatic imine (C=N–C) groups is 1. The summed E-state index contributed by atoms with van der Waals surface area (Å²) in [5, 5.41) is 7.94. The fourth-order valence-corrected chi connectivity index (χ4v) is 4.77. The van der Waals surface area contributed by atoms with Gasteiger partial charge in [0.1, 0.15) is 12.2 Å². The maximum absolute atomic E-state index is 6.03. The van der Waals surface area contributed by atoms with Crippen molar-refractivity contribution in [3.05, 3.63) is 12.2 Å². The maximum Gasteiger partial charge on any atom is 0.194 e. The summed E-state index contributed by atoms with van der Waals surface area (Å²) in [7, 11) is 4.00. The van der Waals surface area contributed by atoms with Gasteiger partial charge in [-0.3, -0.25) is 9.67 Å². The normalized spacial score (nSPS) is 29.4. The number of aryl methyl sites for hydroxylation is 1. The summed E-state index contributed by atoms with van der Waals surface area (Å²) in [6.07, 6.45) is 7.17. The Balaban J connectivity index is 0.00000182. The Hall–Kier alpha value is -0.900. The largest absolute Gasteiger partial charge is 0.377 e. The highest BCUT2D eigenvalue weighted by atomic mass is 127. The van der Waals surface area contributed by atoms with E-state index < -0.39 is 0 Å². The van der Waals surface area contributed by atoms with Gasteiger partial charge in [0.15, 0.2) is 5.96 Å². The molecule has 140 valence electrons. The van der Waals surface area contributed by atoms with Crippen LogP contribution in [0.15, 0.2) is 11.3 Å². The molecule has 3 atom stereocenters. The summed E-state index contributed by atoms with van der Waals surface area (Å²) in [5.41, 5.74) is 0.362. The molecule has 1 aliphatic heterocycles. The predicted molar refractivity (Wildman–Crippen MR) is 107 cm³/mol. The molecule has 3 unspecified atom stereocenters. The zero-order valence-corrected chi connectivity index (χ0v) is 17.6. The van der Waals surface area contributed by atoms with Gasteiger partial charge < -0.3 is 15.0 Å². The van der Waals surface area contributed by atoms with Gasteiger partial charge in [-0.05, 0) is 26.2 Å². The summed E-state index contributed by atoms with van der Waals surface area (Å²) < 4.78 is 7.84. The molecular formula is C17H29IN6O. The molecule has 0 aromatic carbocycles. The zero-order valence-electron chi connectivity index (χ0n) is 15.3. The van der Waals surface area contributed by atoms with E-state index in [0.29, 0.717) is 30.0 Å². The van der Waals surface area contributed by atoms with Crippen LogP contribution in [-0.2, 0) is 18.3 Å². The van der Waals surface area contributed by atoms with E-state index in [9.17, 15) is 0 Å². The minimum atomic E-state index is 0. The van der Waals surface area contributed by atoms with Gasteiger partial charge in [0.25, 0.3) is 0 Å². The first-order chi connectivity index (χ1) is 11.7. The smallest absolute Gasteiger partial charge is 0.194 e. The molecule has 2 saturated carbocycles. The van der Waals surface area contributed by atoms with Crippen molar-refractivity contribution in [2.75, 3.05) is 20.2 Å². The van der Waals surface area contributed by atoms with Crippen molar-refractivity contribution in [3.8, 4) is 0 Å². The lowest BCUT2D eigenvalue weighted by Gasteiger charge is -2.63. The molecule has 8 heteroatoms. The lowest BCUT2D eigenvalue weighted by molar-refractivity contribution is -0.171. The van der Waals surface area contributed by atoms with E-state index in [4.69, 9.17) is 9.73 Å². The number of guanidine groups is 1. The third kappa shape index (κ3) is 3.05. The number of nitrogens with one attached hydrogen (secondary N) is 1. The fraction of sp³-hybridized carbons (Fsp3) is 0.824. The van der Waals surface area contributed by atoms with Gasteiger partial charge in [0.2, 0.25) is 0 Å². The number of hydrogen-bond donors (Lipinski definition) is 1. The number of halogens is 1. The minimum Gasteiger partial charge on any atom is -0.377 e. The Morgan fingerprint density at radius 3 is 2.92 bits per heavy atom. The Kier molecular flexibility index (Phi) is 5.57. The molecule has 1 saturated heterocycles. The van der Waals surface area contributed by atoms with Gasteiger partial charge in [-0.15, -0.1) is 24.0 Å². The Labute approximate surface area is 166 Å². The predicted octanol–water partition coefficient (Wildman–Crippen LogP) is 1.79. The Morgan fingerprint density at radius 2 is 2.32 bits per heavy atom. The van der Waals surface area contributed by atoms with Crippen LogP contribution in [0.4, 0.5) is 0 Å². The average molecular weight is 460 g/mol. The van der Waals surface area contributed by atoms with Crippen LogP contribution in [0, 0.1) is 11.3 Å². The van der Waals surface area contributed by atoms with E-state index in [1.54, 1.807) is 6.33 Å². The van der Waals surface area contributed by atoms with Crippen molar-refractivity contribution in [2.45, 2.75) is 51.3 Å². The van der Waals surface area contributed by atoms with Gasteiger partial charge in [-0.1, -0.05) is 6.42 Å². The molecule has 3 aliphatic rings. The lowest BCUT2D eigenvalue weighted by atomic mass is 9.46. The van der Waals surface area contributed by atoms with Crippen LogP contribution >= 0.6 is 24.0 Å². The molecule has 2 heterocycles. The summed E-state index contributed by atoms with van der Waals surface area (Å²) in [4.78, 5) is 11.2. The second-order valence-corrected chi connectivity index (χ2v) is 7.41. The second-order valence-electron chi connectivity index (χ2n) is 7.41. The van der Waals surface area contributed by atoms with Crippen LogP contribution in [0.1, 0.15) is 38.4 Å². The van der Waals surface area contributed by atoms with Crippen LogP contribution in [0.5, 0.6) is 0 Å². The number of ether oxygens (including phenoxy) is 1. The highest BCUT2D eigenvalue weighted by Crippen LogP contribution is 2.62. The second kappa shape index (κ2) is 7.38. The molecule has 25 heavy (non-hydrogen) atoms. The van der Waals surface area contributed by atoms with E-state index in [0.717, 1.165) is 24.9 Å². The van der Waals surface area contributed by atoms with E-state index in [1.165, 1.54) is 25.7 Å². The quantitative estimate of drug-likeness (QED) is 0.422. The van der Waals surface area contributed by atoms with Crippen LogP contribution in [-0.4, -0.2) is 58.0 Å². The van der Waals surface area contributed by atoms with Crippen molar-refractivity contribution in [2.24, 2.45) is 23.4 Å². The topological polar surface area (TPSA) is 67.6 Å². The maximum atomic E-state index is 6.03. The summed E-state index contributed by atoms with van der Waals surface area (Å²) in [6, 6.07) is 0.506. The third-order valence-corrected chi connectivity index (χ3v) is 6.17. The van der Waals surface area contributed by atoms with E-state index in [1.807, 2.05) is 11.7 Å². The number of fused-ring (bicyclic) bond motifs is 2. The molecular weight excluding hydrogens is 431 g/mol. The number of nitrogens with zero attached hydrogens (tertiary/aromatic N) is 5. The van der Waals surface area contributed by atoms with Crippen LogP contribution in [0.2, 0.25) is 0 Å². The molecule has 1 aromatic rings. The molecule has 7 nitrogen and oxygen atoms in total. The van der Waals surface area contributed by atoms with Gasteiger partial charge >= 0.3 is 0 Å². The number of aromatic nitrogens is 3. The molecule has 4 rings (SSSR count). The first-order valence-electron chi connectivity index (χ1n) is 9.12. The molecule has 1 aromatic heterocycles. The van der Waals surface area contributed by atoms with E-state index >= 15 is 0 Å². The van der Waals surface area contributed by atoms with Crippen molar-refractivity contribution < 1.29 is 4.74 Å². The number of hydrogen-bond acceptors (Lipinski definition) is 4. The first kappa shape index (κ1) is 18.9. The van der Waals surface area contributed by atoms with Gasteiger partial charge in [-0.2, -0.15) is 5.10 Å². The molecule has 3 fully saturated rings. The molecule has 0 bridgehead atoms. The van der Waals surface area contributed by atoms with Gasteiger partial charge in [-0.25, -0.2) is 4.98 Å². The highest BCUT2D eigenvalue weighted by molar-refractivity contribution is 14.0. The van der Waals surface area contributed by atoms with Gasteiger partial charge in [0, 0.05) is 44.6 Å². The highest BCUT2D eigenvalue weighted by Gasteiger charge is 2.66. The summed E-state index contributed by atoms with van der Waals surface area (Å²) >= 11 is 0. The fourth-order valence-electron chi connectivity index (χ4n) is 4.77. The average Bonchev–Trinajstić information content (AvgIpc) is 3.10. The molecule has 2 aliphatic carbocycles. The third-order valence-electron chi connectivity index (χ3n) is 6.17. The zero-order chi connectivity index (χ0) is 16.7. The van der Waals surface area contributed by atoms with E-state index in [-0.39, 0.29) is 24.0 Å².